The molecule has 200 valence electrons. The number of likely N-dealkylation sites (tertiary alicyclic amines) is 1. The number of hydrogen-bond donors (Lipinski definition) is 2. The highest BCUT2D eigenvalue weighted by molar-refractivity contribution is 5.96. The van der Waals surface area contributed by atoms with Gasteiger partial charge in [-0.2, -0.15) is 0 Å². The Morgan fingerprint density at radius 3 is 2.67 bits per heavy atom. The normalized spacial score (nSPS) is 20.0. The van der Waals surface area contributed by atoms with Crippen LogP contribution in [-0.2, 0) is 0 Å². The van der Waals surface area contributed by atoms with Crippen LogP contribution in [0.15, 0.2) is 79.3 Å². The van der Waals surface area contributed by atoms with Crippen molar-refractivity contribution in [1.29, 1.82) is 0 Å². The topological polar surface area (TPSA) is 70.6 Å². The largest absolute Gasteiger partial charge is 0.508 e. The van der Waals surface area contributed by atoms with Crippen molar-refractivity contribution in [2.75, 3.05) is 19.7 Å². The Bertz CT molecular complexity index is 1480. The summed E-state index contributed by atoms with van der Waals surface area (Å²) in [5, 5.41) is 10.3. The SMILES string of the molecule is CC1=C(c2cccc(O)c2)C(c2ccc(OCC(C)N3CCC(C)C3)cc2)Oc2ccc(-c3c[nH]cn3)cc21. The second-order valence-corrected chi connectivity index (χ2v) is 10.9. The lowest BCUT2D eigenvalue weighted by Crippen LogP contribution is -2.35. The molecule has 3 atom stereocenters. The molecule has 39 heavy (non-hydrogen) atoms. The molecule has 0 amide bonds. The second-order valence-electron chi connectivity index (χ2n) is 10.9. The smallest absolute Gasteiger partial charge is 0.150 e. The molecule has 6 rings (SSSR count). The first-order chi connectivity index (χ1) is 19.0. The van der Waals surface area contributed by atoms with Crippen molar-refractivity contribution in [2.24, 2.45) is 5.92 Å². The zero-order valence-electron chi connectivity index (χ0n) is 22.7. The molecular weight excluding hydrogens is 486 g/mol. The molecule has 2 N–H and O–H groups in total. The number of imidazole rings is 1. The summed E-state index contributed by atoms with van der Waals surface area (Å²) in [6.45, 7) is 9.66. The fraction of sp³-hybridized carbons (Fsp3) is 0.303. The van der Waals surface area contributed by atoms with Crippen LogP contribution < -0.4 is 9.47 Å². The number of aromatic nitrogens is 2. The number of phenolic OH excluding ortho intramolecular Hbond substituents is 1. The van der Waals surface area contributed by atoms with Gasteiger partial charge in [-0.25, -0.2) is 4.98 Å². The average Bonchev–Trinajstić information content (AvgIpc) is 3.64. The number of aromatic hydroxyl groups is 1. The number of H-pyrrole nitrogens is 1. The van der Waals surface area contributed by atoms with Gasteiger partial charge in [-0.05, 0) is 91.9 Å². The van der Waals surface area contributed by atoms with Crippen molar-refractivity contribution in [3.05, 3.63) is 95.9 Å². The van der Waals surface area contributed by atoms with Crippen molar-refractivity contribution < 1.29 is 14.6 Å². The van der Waals surface area contributed by atoms with Crippen molar-refractivity contribution in [3.63, 3.8) is 0 Å². The van der Waals surface area contributed by atoms with Gasteiger partial charge in [0.15, 0.2) is 0 Å². The number of nitrogens with one attached hydrogen (secondary N) is 1. The fourth-order valence-corrected chi connectivity index (χ4v) is 5.74. The zero-order valence-corrected chi connectivity index (χ0v) is 22.7. The summed E-state index contributed by atoms with van der Waals surface area (Å²) >= 11 is 0. The number of hydrogen-bond acceptors (Lipinski definition) is 5. The molecule has 0 bridgehead atoms. The van der Waals surface area contributed by atoms with Gasteiger partial charge in [0.05, 0.1) is 12.0 Å². The Morgan fingerprint density at radius 1 is 1.10 bits per heavy atom. The van der Waals surface area contributed by atoms with Gasteiger partial charge < -0.3 is 19.6 Å². The molecule has 1 saturated heterocycles. The van der Waals surface area contributed by atoms with Crippen LogP contribution in [0.2, 0.25) is 0 Å². The number of benzene rings is 3. The molecule has 4 aromatic rings. The Balaban J connectivity index is 1.29. The molecule has 6 nitrogen and oxygen atoms in total. The van der Waals surface area contributed by atoms with E-state index in [4.69, 9.17) is 9.47 Å². The predicted octanol–water partition coefficient (Wildman–Crippen LogP) is 6.96. The summed E-state index contributed by atoms with van der Waals surface area (Å²) in [4.78, 5) is 9.95. The van der Waals surface area contributed by atoms with Crippen LogP contribution in [0.3, 0.4) is 0 Å². The number of phenols is 1. The van der Waals surface area contributed by atoms with Gasteiger partial charge in [-0.3, -0.25) is 4.90 Å². The van der Waals surface area contributed by atoms with E-state index in [-0.39, 0.29) is 11.9 Å². The van der Waals surface area contributed by atoms with Crippen LogP contribution in [-0.4, -0.2) is 45.7 Å². The molecule has 0 saturated carbocycles. The Labute approximate surface area is 229 Å². The van der Waals surface area contributed by atoms with Crippen LogP contribution in [0.4, 0.5) is 0 Å². The summed E-state index contributed by atoms with van der Waals surface area (Å²) in [7, 11) is 0. The highest BCUT2D eigenvalue weighted by Gasteiger charge is 2.30. The molecule has 2 aliphatic heterocycles. The van der Waals surface area contributed by atoms with Crippen LogP contribution in [0, 0.1) is 5.92 Å². The maximum Gasteiger partial charge on any atom is 0.150 e. The van der Waals surface area contributed by atoms with Gasteiger partial charge in [0.1, 0.15) is 30.0 Å². The van der Waals surface area contributed by atoms with Gasteiger partial charge in [0.25, 0.3) is 0 Å². The van der Waals surface area contributed by atoms with Crippen molar-refractivity contribution >= 4 is 11.1 Å². The summed E-state index contributed by atoms with van der Waals surface area (Å²) in [6, 6.07) is 22.2. The summed E-state index contributed by atoms with van der Waals surface area (Å²) < 4.78 is 12.8. The van der Waals surface area contributed by atoms with E-state index in [0.717, 1.165) is 69.6 Å². The van der Waals surface area contributed by atoms with Crippen molar-refractivity contribution in [3.8, 4) is 28.5 Å². The van der Waals surface area contributed by atoms with Crippen LogP contribution in [0.25, 0.3) is 22.4 Å². The molecule has 1 fully saturated rings. The third kappa shape index (κ3) is 5.17. The molecule has 3 aromatic carbocycles. The minimum Gasteiger partial charge on any atom is -0.508 e. The molecule has 0 spiro atoms. The maximum atomic E-state index is 10.3. The molecular formula is C33H35N3O3. The van der Waals surface area contributed by atoms with E-state index in [1.807, 2.05) is 42.6 Å². The molecule has 3 unspecified atom stereocenters. The van der Waals surface area contributed by atoms with Crippen molar-refractivity contribution in [2.45, 2.75) is 39.3 Å². The van der Waals surface area contributed by atoms with E-state index in [2.05, 4.69) is 53.8 Å². The molecule has 2 aliphatic rings. The molecule has 0 aliphatic carbocycles. The second kappa shape index (κ2) is 10.6. The highest BCUT2D eigenvalue weighted by Crippen LogP contribution is 2.47. The van der Waals surface area contributed by atoms with Gasteiger partial charge >= 0.3 is 0 Å². The first-order valence-electron chi connectivity index (χ1n) is 13.7. The van der Waals surface area contributed by atoms with E-state index in [1.54, 1.807) is 18.5 Å². The number of aromatic amines is 1. The number of fused-ring (bicyclic) bond motifs is 1. The lowest BCUT2D eigenvalue weighted by molar-refractivity contribution is 0.169. The zero-order chi connectivity index (χ0) is 26.9. The van der Waals surface area contributed by atoms with E-state index in [1.165, 1.54) is 6.42 Å². The lowest BCUT2D eigenvalue weighted by Gasteiger charge is -2.31. The van der Waals surface area contributed by atoms with E-state index in [0.29, 0.717) is 12.6 Å². The van der Waals surface area contributed by atoms with Crippen LogP contribution in [0.1, 0.15) is 50.0 Å². The third-order valence-electron chi connectivity index (χ3n) is 8.00. The molecule has 6 heteroatoms. The van der Waals surface area contributed by atoms with Gasteiger partial charge in [0.2, 0.25) is 0 Å². The summed E-state index contributed by atoms with van der Waals surface area (Å²) in [6.07, 6.45) is 4.51. The van der Waals surface area contributed by atoms with Crippen LogP contribution in [0.5, 0.6) is 17.2 Å². The number of allylic oxidation sites excluding steroid dienone is 1. The lowest BCUT2D eigenvalue weighted by atomic mass is 9.85. The Kier molecular flexibility index (Phi) is 6.88. The van der Waals surface area contributed by atoms with E-state index in [9.17, 15) is 5.11 Å². The summed E-state index contributed by atoms with van der Waals surface area (Å²) in [5.41, 5.74) is 7.03. The maximum absolute atomic E-state index is 10.3. The minimum absolute atomic E-state index is 0.230. The number of ether oxygens (including phenoxy) is 2. The van der Waals surface area contributed by atoms with Crippen molar-refractivity contribution in [1.82, 2.24) is 14.9 Å². The first-order valence-corrected chi connectivity index (χ1v) is 13.7. The minimum atomic E-state index is -0.324. The van der Waals surface area contributed by atoms with Gasteiger partial charge in [-0.15, -0.1) is 0 Å². The van der Waals surface area contributed by atoms with Gasteiger partial charge in [0, 0.05) is 35.5 Å². The average molecular weight is 522 g/mol. The van der Waals surface area contributed by atoms with E-state index < -0.39 is 0 Å². The molecule has 1 aromatic heterocycles. The van der Waals surface area contributed by atoms with Crippen LogP contribution >= 0.6 is 0 Å². The Morgan fingerprint density at radius 2 is 1.95 bits per heavy atom. The quantitative estimate of drug-likeness (QED) is 0.275. The third-order valence-corrected chi connectivity index (χ3v) is 8.00. The predicted molar refractivity (Wildman–Crippen MR) is 155 cm³/mol. The van der Waals surface area contributed by atoms with Gasteiger partial charge in [-0.1, -0.05) is 31.2 Å². The molecule has 3 heterocycles. The fourth-order valence-electron chi connectivity index (χ4n) is 5.74. The first kappa shape index (κ1) is 25.3. The monoisotopic (exact) mass is 521 g/mol. The number of rotatable bonds is 7. The summed E-state index contributed by atoms with van der Waals surface area (Å²) in [5.74, 6) is 2.68. The number of nitrogens with zero attached hydrogens (tertiary/aromatic N) is 2. The van der Waals surface area contributed by atoms with E-state index >= 15 is 0 Å². The standard InChI is InChI=1S/C33H35N3O3/c1-21-13-14-36(18-21)22(2)19-38-28-10-7-24(8-11-28)33-32(26-5-4-6-27(37)15-26)23(3)29-16-25(9-12-31(29)39-33)30-17-34-20-35-30/h4-12,15-17,20-22,33,37H,13-14,18-19H2,1-3H3,(H,34,35). The Hall–Kier alpha value is -4.03. The highest BCUT2D eigenvalue weighted by atomic mass is 16.5. The molecule has 0 radical (unpaired) electrons.